The molecule has 0 aromatic rings. The molecule has 1 aliphatic carbocycles. The zero-order chi connectivity index (χ0) is 17.2. The van der Waals surface area contributed by atoms with E-state index in [-0.39, 0.29) is 11.9 Å². The number of allylic oxidation sites excluding steroid dienone is 1. The van der Waals surface area contributed by atoms with Crippen LogP contribution in [-0.2, 0) is 19.1 Å². The van der Waals surface area contributed by atoms with Crippen molar-refractivity contribution in [3.63, 3.8) is 0 Å². The van der Waals surface area contributed by atoms with Crippen LogP contribution >= 0.6 is 23.2 Å². The first-order valence-electron chi connectivity index (χ1n) is 6.51. The second kappa shape index (κ2) is 6.57. The summed E-state index contributed by atoms with van der Waals surface area (Å²) >= 11 is 12.0. The zero-order valence-corrected chi connectivity index (χ0v) is 15.4. The van der Waals surface area contributed by atoms with Gasteiger partial charge in [0.25, 0.3) is 0 Å². The minimum atomic E-state index is -1.01. The number of methoxy groups -OCH3 is 2. The van der Waals surface area contributed by atoms with Crippen molar-refractivity contribution in [2.45, 2.75) is 45.9 Å². The summed E-state index contributed by atoms with van der Waals surface area (Å²) in [6.07, 6.45) is 0. The maximum atomic E-state index is 11.3. The van der Waals surface area contributed by atoms with E-state index in [0.717, 1.165) is 5.57 Å². The standard InChI is InChI=1S/C8H12Cl2O2.C7H12O2/c1-6(2)7(3,5(11)12-4)8(6,9)10;1-5(2)6(3)7(8)9-4/h1-4H3;1-4H3. The SMILES string of the molecule is COC(=O)C(C)=C(C)C.COC(=O)C1(C)C(C)(C)C1(Cl)Cl. The van der Waals surface area contributed by atoms with E-state index in [4.69, 9.17) is 23.2 Å². The summed E-state index contributed by atoms with van der Waals surface area (Å²) < 4.78 is 8.11. The normalized spacial score (nSPS) is 24.1. The second-order valence-electron chi connectivity index (χ2n) is 5.93. The molecule has 122 valence electrons. The highest BCUT2D eigenvalue weighted by Gasteiger charge is 2.84. The predicted octanol–water partition coefficient (Wildman–Crippen LogP) is 3.90. The highest BCUT2D eigenvalue weighted by atomic mass is 35.5. The number of rotatable bonds is 2. The molecular formula is C15H24Cl2O4. The topological polar surface area (TPSA) is 52.6 Å². The van der Waals surface area contributed by atoms with Crippen LogP contribution in [0.2, 0.25) is 0 Å². The van der Waals surface area contributed by atoms with Crippen molar-refractivity contribution >= 4 is 35.1 Å². The number of hydrogen-bond donors (Lipinski definition) is 0. The lowest BCUT2D eigenvalue weighted by Gasteiger charge is -2.09. The summed E-state index contributed by atoms with van der Waals surface area (Å²) in [7, 11) is 2.72. The maximum absolute atomic E-state index is 11.3. The molecule has 21 heavy (non-hydrogen) atoms. The molecule has 0 saturated heterocycles. The Hall–Kier alpha value is -0.740. The van der Waals surface area contributed by atoms with Crippen molar-refractivity contribution in [3.8, 4) is 0 Å². The van der Waals surface area contributed by atoms with Crippen LogP contribution < -0.4 is 0 Å². The third-order valence-electron chi connectivity index (χ3n) is 4.44. The summed E-state index contributed by atoms with van der Waals surface area (Å²) in [5.74, 6) is -0.590. The van der Waals surface area contributed by atoms with Crippen LogP contribution in [0.3, 0.4) is 0 Å². The molecule has 0 amide bonds. The van der Waals surface area contributed by atoms with E-state index in [1.54, 1.807) is 13.8 Å². The van der Waals surface area contributed by atoms with Gasteiger partial charge >= 0.3 is 11.9 Å². The first-order valence-corrected chi connectivity index (χ1v) is 7.27. The van der Waals surface area contributed by atoms with Crippen LogP contribution in [0, 0.1) is 10.8 Å². The number of esters is 2. The Kier molecular flexibility index (Phi) is 6.34. The van der Waals surface area contributed by atoms with Gasteiger partial charge in [-0.1, -0.05) is 42.6 Å². The lowest BCUT2D eigenvalue weighted by Crippen LogP contribution is -2.21. The molecule has 0 heterocycles. The van der Waals surface area contributed by atoms with E-state index in [1.807, 2.05) is 27.7 Å². The molecule has 0 aromatic carbocycles. The number of carbonyl (C=O) groups excluding carboxylic acids is 2. The lowest BCUT2D eigenvalue weighted by atomic mass is 9.99. The Morgan fingerprint density at radius 3 is 1.38 bits per heavy atom. The average Bonchev–Trinajstić information content (AvgIpc) is 2.74. The van der Waals surface area contributed by atoms with Crippen LogP contribution in [0.25, 0.3) is 0 Å². The van der Waals surface area contributed by atoms with E-state index in [2.05, 4.69) is 9.47 Å². The lowest BCUT2D eigenvalue weighted by molar-refractivity contribution is -0.147. The largest absolute Gasteiger partial charge is 0.468 e. The molecule has 6 heteroatoms. The third kappa shape index (κ3) is 3.21. The monoisotopic (exact) mass is 338 g/mol. The summed E-state index contributed by atoms with van der Waals surface area (Å²) in [6, 6.07) is 0. The molecule has 1 unspecified atom stereocenters. The molecular weight excluding hydrogens is 315 g/mol. The van der Waals surface area contributed by atoms with Gasteiger partial charge in [0.2, 0.25) is 0 Å². The minimum Gasteiger partial charge on any atom is -0.468 e. The summed E-state index contributed by atoms with van der Waals surface area (Å²) in [4.78, 5) is 22.0. The fourth-order valence-corrected chi connectivity index (χ4v) is 2.83. The van der Waals surface area contributed by atoms with Gasteiger partial charge in [-0.25, -0.2) is 4.79 Å². The van der Waals surface area contributed by atoms with E-state index in [1.165, 1.54) is 14.2 Å². The predicted molar refractivity (Wildman–Crippen MR) is 84.4 cm³/mol. The molecule has 0 aromatic heterocycles. The summed E-state index contributed by atoms with van der Waals surface area (Å²) in [6.45, 7) is 10.9. The molecule has 1 rings (SSSR count). The summed E-state index contributed by atoms with van der Waals surface area (Å²) in [5, 5.41) is 0. The van der Waals surface area contributed by atoms with E-state index >= 15 is 0 Å². The molecule has 0 radical (unpaired) electrons. The first-order chi connectivity index (χ1) is 9.32. The van der Waals surface area contributed by atoms with Crippen LogP contribution in [0.15, 0.2) is 11.1 Å². The fourth-order valence-electron chi connectivity index (χ4n) is 1.92. The highest BCUT2D eigenvalue weighted by molar-refractivity contribution is 6.54. The molecule has 1 saturated carbocycles. The second-order valence-corrected chi connectivity index (χ2v) is 7.26. The van der Waals surface area contributed by atoms with Gasteiger partial charge in [0.05, 0.1) is 14.2 Å². The Balaban J connectivity index is 0.000000400. The molecule has 1 aliphatic rings. The number of hydrogen-bond acceptors (Lipinski definition) is 4. The van der Waals surface area contributed by atoms with Crippen molar-refractivity contribution in [1.29, 1.82) is 0 Å². The first kappa shape index (κ1) is 20.3. The van der Waals surface area contributed by atoms with Crippen molar-refractivity contribution < 1.29 is 19.1 Å². The van der Waals surface area contributed by atoms with Gasteiger partial charge in [-0.3, -0.25) is 4.79 Å². The van der Waals surface area contributed by atoms with Crippen molar-refractivity contribution in [1.82, 2.24) is 0 Å². The van der Waals surface area contributed by atoms with Gasteiger partial charge in [-0.2, -0.15) is 0 Å². The Morgan fingerprint density at radius 1 is 0.905 bits per heavy atom. The molecule has 1 atom stereocenters. The molecule has 0 N–H and O–H groups in total. The van der Waals surface area contributed by atoms with Gasteiger partial charge < -0.3 is 9.47 Å². The Labute approximate surface area is 136 Å². The van der Waals surface area contributed by atoms with Crippen molar-refractivity contribution in [2.75, 3.05) is 14.2 Å². The number of carbonyl (C=O) groups is 2. The fraction of sp³-hybridized carbons (Fsp3) is 0.733. The van der Waals surface area contributed by atoms with Crippen molar-refractivity contribution in [2.24, 2.45) is 10.8 Å². The molecule has 1 fully saturated rings. The van der Waals surface area contributed by atoms with Crippen LogP contribution in [0.4, 0.5) is 0 Å². The van der Waals surface area contributed by atoms with Crippen LogP contribution in [0.5, 0.6) is 0 Å². The highest BCUT2D eigenvalue weighted by Crippen LogP contribution is 2.77. The molecule has 4 nitrogen and oxygen atoms in total. The maximum Gasteiger partial charge on any atom is 0.333 e. The average molecular weight is 339 g/mol. The van der Waals surface area contributed by atoms with Gasteiger partial charge in [0.1, 0.15) is 9.75 Å². The van der Waals surface area contributed by atoms with Crippen LogP contribution in [0.1, 0.15) is 41.5 Å². The minimum absolute atomic E-state index is 0.241. The summed E-state index contributed by atoms with van der Waals surface area (Å²) in [5.41, 5.74) is 0.494. The molecule has 0 spiro atoms. The van der Waals surface area contributed by atoms with Gasteiger partial charge in [0.15, 0.2) is 0 Å². The zero-order valence-electron chi connectivity index (χ0n) is 13.9. The smallest absolute Gasteiger partial charge is 0.333 e. The van der Waals surface area contributed by atoms with Crippen LogP contribution in [-0.4, -0.2) is 30.5 Å². The number of halogens is 2. The number of alkyl halides is 2. The quantitative estimate of drug-likeness (QED) is 0.435. The third-order valence-corrected chi connectivity index (χ3v) is 6.14. The van der Waals surface area contributed by atoms with Gasteiger partial charge in [-0.05, 0) is 27.7 Å². The van der Waals surface area contributed by atoms with Gasteiger partial charge in [0, 0.05) is 11.0 Å². The molecule has 0 bridgehead atoms. The van der Waals surface area contributed by atoms with E-state index in [0.29, 0.717) is 5.57 Å². The van der Waals surface area contributed by atoms with Crippen molar-refractivity contribution in [3.05, 3.63) is 11.1 Å². The Morgan fingerprint density at radius 2 is 1.29 bits per heavy atom. The number of ether oxygens (including phenoxy) is 2. The van der Waals surface area contributed by atoms with E-state index < -0.39 is 15.2 Å². The van der Waals surface area contributed by atoms with Gasteiger partial charge in [-0.15, -0.1) is 0 Å². The molecule has 0 aliphatic heterocycles. The Bertz CT molecular complexity index is 446. The van der Waals surface area contributed by atoms with E-state index in [9.17, 15) is 9.59 Å².